The predicted octanol–water partition coefficient (Wildman–Crippen LogP) is 2.64. The Morgan fingerprint density at radius 3 is 2.86 bits per heavy atom. The summed E-state index contributed by atoms with van der Waals surface area (Å²) >= 11 is 5.96. The van der Waals surface area contributed by atoms with Crippen molar-refractivity contribution >= 4 is 29.2 Å². The van der Waals surface area contributed by atoms with Crippen LogP contribution in [0.25, 0.3) is 16.8 Å². The van der Waals surface area contributed by atoms with Crippen LogP contribution in [-0.2, 0) is 0 Å². The first kappa shape index (κ1) is 13.4. The van der Waals surface area contributed by atoms with Crippen LogP contribution in [0.5, 0.6) is 0 Å². The van der Waals surface area contributed by atoms with E-state index in [0.717, 1.165) is 11.1 Å². The third kappa shape index (κ3) is 2.19. The molecule has 0 atom stereocenters. The number of pyridine rings is 1. The summed E-state index contributed by atoms with van der Waals surface area (Å²) in [7, 11) is 0. The van der Waals surface area contributed by atoms with Crippen molar-refractivity contribution in [2.45, 2.75) is 6.92 Å². The quantitative estimate of drug-likeness (QED) is 0.759. The zero-order chi connectivity index (χ0) is 15.1. The molecular weight excluding hydrogens is 292 g/mol. The van der Waals surface area contributed by atoms with Gasteiger partial charge in [-0.25, -0.2) is 9.31 Å². The van der Waals surface area contributed by atoms with Gasteiger partial charge in [-0.15, -0.1) is 5.10 Å². The molecule has 0 spiro atoms. The Morgan fingerprint density at radius 1 is 1.38 bits per heavy atom. The molecule has 0 amide bonds. The van der Waals surface area contributed by atoms with Crippen molar-refractivity contribution in [1.29, 1.82) is 0 Å². The number of hydrogen-bond acceptors (Lipinski definition) is 4. The third-order valence-corrected chi connectivity index (χ3v) is 3.61. The first-order valence-electron chi connectivity index (χ1n) is 6.12. The number of nitrogens with zero attached hydrogens (tertiary/aromatic N) is 3. The largest absolute Gasteiger partial charge is 0.478 e. The number of hydrogen-bond donors (Lipinski definition) is 2. The summed E-state index contributed by atoms with van der Waals surface area (Å²) in [5, 5.41) is 13.5. The Morgan fingerprint density at radius 2 is 2.14 bits per heavy atom. The molecule has 7 heteroatoms. The zero-order valence-electron chi connectivity index (χ0n) is 11.0. The van der Waals surface area contributed by atoms with E-state index in [1.54, 1.807) is 35.8 Å². The zero-order valence-corrected chi connectivity index (χ0v) is 11.8. The number of nitrogens with two attached hydrogens (primary N) is 1. The second kappa shape index (κ2) is 4.75. The monoisotopic (exact) mass is 302 g/mol. The number of carboxylic acids is 1. The fourth-order valence-corrected chi connectivity index (χ4v) is 2.61. The van der Waals surface area contributed by atoms with Gasteiger partial charge in [-0.3, -0.25) is 0 Å². The van der Waals surface area contributed by atoms with Crippen molar-refractivity contribution < 1.29 is 9.90 Å². The summed E-state index contributed by atoms with van der Waals surface area (Å²) in [6.07, 6.45) is 1.72. The fraction of sp³-hybridized carbons (Fsp3) is 0.0714. The van der Waals surface area contributed by atoms with E-state index in [-0.39, 0.29) is 16.5 Å². The number of nitrogen functional groups attached to an aromatic ring is 1. The summed E-state index contributed by atoms with van der Waals surface area (Å²) < 4.78 is 1.56. The number of halogens is 1. The molecule has 0 aliphatic rings. The summed E-state index contributed by atoms with van der Waals surface area (Å²) in [5.74, 6) is -0.863. The van der Waals surface area contributed by atoms with E-state index in [2.05, 4.69) is 10.1 Å². The van der Waals surface area contributed by atoms with Crippen LogP contribution >= 0.6 is 11.6 Å². The van der Waals surface area contributed by atoms with E-state index in [1.165, 1.54) is 0 Å². The highest BCUT2D eigenvalue weighted by molar-refractivity contribution is 6.33. The van der Waals surface area contributed by atoms with Crippen molar-refractivity contribution in [2.75, 3.05) is 5.73 Å². The van der Waals surface area contributed by atoms with E-state index in [4.69, 9.17) is 17.3 Å². The molecule has 3 rings (SSSR count). The van der Waals surface area contributed by atoms with Gasteiger partial charge >= 0.3 is 5.97 Å². The summed E-state index contributed by atoms with van der Waals surface area (Å²) in [4.78, 5) is 15.4. The molecule has 0 aliphatic heterocycles. The average molecular weight is 303 g/mol. The number of anilines is 1. The van der Waals surface area contributed by atoms with E-state index < -0.39 is 5.97 Å². The molecule has 2 heterocycles. The first-order chi connectivity index (χ1) is 9.97. The van der Waals surface area contributed by atoms with Crippen molar-refractivity contribution in [3.63, 3.8) is 0 Å². The lowest BCUT2D eigenvalue weighted by atomic mass is 9.97. The van der Waals surface area contributed by atoms with Gasteiger partial charge in [0.2, 0.25) is 5.95 Å². The molecule has 21 heavy (non-hydrogen) atoms. The van der Waals surface area contributed by atoms with Crippen LogP contribution in [0.4, 0.5) is 5.95 Å². The number of aromatic nitrogens is 3. The summed E-state index contributed by atoms with van der Waals surface area (Å²) in [6, 6.07) is 6.99. The highest BCUT2D eigenvalue weighted by Gasteiger charge is 2.16. The van der Waals surface area contributed by atoms with Gasteiger partial charge in [-0.05, 0) is 41.8 Å². The summed E-state index contributed by atoms with van der Waals surface area (Å²) in [5.41, 5.74) is 8.46. The lowest BCUT2D eigenvalue weighted by Gasteiger charge is -2.10. The smallest absolute Gasteiger partial charge is 0.337 e. The number of carboxylic acid groups (broad SMARTS) is 1. The van der Waals surface area contributed by atoms with Crippen LogP contribution in [-0.4, -0.2) is 25.7 Å². The second-order valence-corrected chi connectivity index (χ2v) is 5.00. The average Bonchev–Trinajstić information content (AvgIpc) is 2.77. The minimum Gasteiger partial charge on any atom is -0.478 e. The Labute approximate surface area is 124 Å². The molecule has 3 aromatic rings. The predicted molar refractivity (Wildman–Crippen MR) is 79.5 cm³/mol. The molecule has 0 saturated heterocycles. The van der Waals surface area contributed by atoms with Gasteiger partial charge in [0, 0.05) is 6.20 Å². The summed E-state index contributed by atoms with van der Waals surface area (Å²) in [6.45, 7) is 1.73. The molecule has 106 valence electrons. The maximum Gasteiger partial charge on any atom is 0.337 e. The maximum absolute atomic E-state index is 11.3. The fourth-order valence-electron chi connectivity index (χ4n) is 2.32. The number of fused-ring (bicyclic) bond motifs is 1. The molecule has 1 aromatic carbocycles. The Balaban J connectivity index is 2.22. The lowest BCUT2D eigenvalue weighted by molar-refractivity contribution is 0.0696. The van der Waals surface area contributed by atoms with Crippen LogP contribution in [0.15, 0.2) is 30.5 Å². The second-order valence-electron chi connectivity index (χ2n) is 4.59. The Hall–Kier alpha value is -2.60. The third-order valence-electron chi connectivity index (χ3n) is 3.29. The van der Waals surface area contributed by atoms with E-state index in [0.29, 0.717) is 11.2 Å². The highest BCUT2D eigenvalue weighted by atomic mass is 35.5. The molecule has 0 bridgehead atoms. The molecular formula is C14H11ClN4O2. The number of rotatable bonds is 2. The van der Waals surface area contributed by atoms with E-state index >= 15 is 0 Å². The molecule has 6 nitrogen and oxygen atoms in total. The van der Waals surface area contributed by atoms with Crippen molar-refractivity contribution in [3.8, 4) is 11.1 Å². The van der Waals surface area contributed by atoms with Crippen LogP contribution < -0.4 is 5.73 Å². The van der Waals surface area contributed by atoms with Crippen molar-refractivity contribution in [3.05, 3.63) is 46.6 Å². The van der Waals surface area contributed by atoms with Gasteiger partial charge < -0.3 is 10.8 Å². The lowest BCUT2D eigenvalue weighted by Crippen LogP contribution is -2.02. The van der Waals surface area contributed by atoms with Gasteiger partial charge in [0.25, 0.3) is 0 Å². The Kier molecular flexibility index (Phi) is 3.03. The molecule has 0 saturated carbocycles. The van der Waals surface area contributed by atoms with Gasteiger partial charge in [0.15, 0.2) is 5.65 Å². The molecule has 0 aliphatic carbocycles. The molecule has 2 aromatic heterocycles. The van der Waals surface area contributed by atoms with Gasteiger partial charge in [0.05, 0.1) is 10.6 Å². The molecule has 0 unspecified atom stereocenters. The minimum atomic E-state index is -1.05. The molecule has 0 fully saturated rings. The minimum absolute atomic E-state index is 0.107. The molecule has 3 N–H and O–H groups in total. The Bertz CT molecular complexity index is 873. The van der Waals surface area contributed by atoms with Crippen LogP contribution in [0, 0.1) is 6.92 Å². The van der Waals surface area contributed by atoms with Gasteiger partial charge in [0.1, 0.15) is 0 Å². The maximum atomic E-state index is 11.3. The number of aromatic carboxylic acids is 1. The topological polar surface area (TPSA) is 93.5 Å². The number of benzene rings is 1. The first-order valence-corrected chi connectivity index (χ1v) is 6.50. The van der Waals surface area contributed by atoms with E-state index in [1.807, 2.05) is 6.07 Å². The van der Waals surface area contributed by atoms with Gasteiger partial charge in [-0.2, -0.15) is 4.98 Å². The van der Waals surface area contributed by atoms with E-state index in [9.17, 15) is 9.90 Å². The van der Waals surface area contributed by atoms with Crippen molar-refractivity contribution in [1.82, 2.24) is 14.6 Å². The SMILES string of the molecule is Cc1c(-c2ccn3nc(N)nc3c2)ccc(Cl)c1C(=O)O. The normalized spacial score (nSPS) is 11.0. The van der Waals surface area contributed by atoms with Gasteiger partial charge in [-0.1, -0.05) is 17.7 Å². The highest BCUT2D eigenvalue weighted by Crippen LogP contribution is 2.30. The van der Waals surface area contributed by atoms with Crippen LogP contribution in [0.1, 0.15) is 15.9 Å². The standard InChI is InChI=1S/C14H11ClN4O2/c1-7-9(2-3-10(15)12(7)13(20)21)8-4-5-19-11(6-8)17-14(16)18-19/h2-6H,1H3,(H2,16,18)(H,20,21). The van der Waals surface area contributed by atoms with Crippen molar-refractivity contribution in [2.24, 2.45) is 0 Å². The van der Waals surface area contributed by atoms with Crippen LogP contribution in [0.2, 0.25) is 5.02 Å². The molecule has 0 radical (unpaired) electrons. The number of carbonyl (C=O) groups is 1. The van der Waals surface area contributed by atoms with Crippen LogP contribution in [0.3, 0.4) is 0 Å².